The quantitative estimate of drug-likeness (QED) is 0.568. The number of carbonyl (C=O) groups excluding carboxylic acids is 2. The van der Waals surface area contributed by atoms with E-state index in [4.69, 9.17) is 11.6 Å². The summed E-state index contributed by atoms with van der Waals surface area (Å²) in [4.78, 5) is 27.8. The van der Waals surface area contributed by atoms with Gasteiger partial charge in [-0.1, -0.05) is 35.9 Å². The molecule has 6 nitrogen and oxygen atoms in total. The summed E-state index contributed by atoms with van der Waals surface area (Å²) in [5.41, 5.74) is 6.36. The summed E-state index contributed by atoms with van der Waals surface area (Å²) in [6.07, 6.45) is 4.60. The van der Waals surface area contributed by atoms with Gasteiger partial charge in [0, 0.05) is 17.8 Å². The van der Waals surface area contributed by atoms with E-state index in [-0.39, 0.29) is 0 Å². The highest BCUT2D eigenvalue weighted by atomic mass is 35.5. The Kier molecular flexibility index (Phi) is 4.58. The van der Waals surface area contributed by atoms with Crippen molar-refractivity contribution in [1.82, 2.24) is 20.2 Å². The number of hydrazine groups is 1. The molecule has 0 radical (unpaired) electrons. The first-order chi connectivity index (χ1) is 11.6. The van der Waals surface area contributed by atoms with E-state index in [0.717, 1.165) is 0 Å². The van der Waals surface area contributed by atoms with E-state index < -0.39 is 11.8 Å². The summed E-state index contributed by atoms with van der Waals surface area (Å²) >= 11 is 6.07. The molecule has 0 aliphatic rings. The number of aromatic nitrogens is 2. The number of rotatable bonds is 3. The van der Waals surface area contributed by atoms with Gasteiger partial charge in [0.15, 0.2) is 5.15 Å². The van der Waals surface area contributed by atoms with E-state index in [9.17, 15) is 9.59 Å². The van der Waals surface area contributed by atoms with Crippen LogP contribution in [0.1, 0.15) is 16.1 Å². The average molecular weight is 341 g/mol. The number of pyridine rings is 1. The highest BCUT2D eigenvalue weighted by molar-refractivity contribution is 6.31. The Morgan fingerprint density at radius 1 is 1.04 bits per heavy atom. The molecule has 0 saturated heterocycles. The standard InChI is InChI=1S/C17H13ClN4O2/c18-16-13(22-11-5-4-8-14(22)19-16)9-10-15(23)20-21-17(24)12-6-2-1-3-7-12/h1-11H,(H,20,23)(H,21,24)/b10-9+. The van der Waals surface area contributed by atoms with Crippen LogP contribution in [0.5, 0.6) is 0 Å². The van der Waals surface area contributed by atoms with Gasteiger partial charge < -0.3 is 0 Å². The number of carbonyl (C=O) groups is 2. The number of nitrogens with zero attached hydrogens (tertiary/aromatic N) is 2. The molecule has 1 aromatic carbocycles. The van der Waals surface area contributed by atoms with Crippen LogP contribution < -0.4 is 10.9 Å². The molecule has 0 saturated carbocycles. The molecule has 24 heavy (non-hydrogen) atoms. The van der Waals surface area contributed by atoms with E-state index in [1.54, 1.807) is 40.9 Å². The summed E-state index contributed by atoms with van der Waals surface area (Å²) in [7, 11) is 0. The van der Waals surface area contributed by atoms with Crippen molar-refractivity contribution in [2.45, 2.75) is 0 Å². The molecule has 0 bridgehead atoms. The maximum Gasteiger partial charge on any atom is 0.269 e. The Labute approximate surface area is 142 Å². The Morgan fingerprint density at radius 2 is 1.79 bits per heavy atom. The van der Waals surface area contributed by atoms with Crippen molar-refractivity contribution in [3.63, 3.8) is 0 Å². The first kappa shape index (κ1) is 15.8. The van der Waals surface area contributed by atoms with Crippen LogP contribution in [0.4, 0.5) is 0 Å². The van der Waals surface area contributed by atoms with Gasteiger partial charge in [0.25, 0.3) is 11.8 Å². The second kappa shape index (κ2) is 6.97. The Balaban J connectivity index is 1.65. The smallest absolute Gasteiger partial charge is 0.269 e. The topological polar surface area (TPSA) is 75.5 Å². The molecule has 7 heteroatoms. The molecule has 0 aliphatic carbocycles. The molecule has 3 rings (SSSR count). The van der Waals surface area contributed by atoms with Crippen LogP contribution in [-0.2, 0) is 4.79 Å². The summed E-state index contributed by atoms with van der Waals surface area (Å²) in [6, 6.07) is 14.1. The number of amides is 2. The number of imidazole rings is 1. The zero-order valence-corrected chi connectivity index (χ0v) is 13.2. The van der Waals surface area contributed by atoms with Gasteiger partial charge in [0.2, 0.25) is 0 Å². The molecule has 2 N–H and O–H groups in total. The van der Waals surface area contributed by atoms with Gasteiger partial charge in [-0.25, -0.2) is 4.98 Å². The molecular formula is C17H13ClN4O2. The van der Waals surface area contributed by atoms with Gasteiger partial charge in [0.05, 0.1) is 5.69 Å². The second-order valence-corrected chi connectivity index (χ2v) is 5.22. The molecule has 0 atom stereocenters. The molecular weight excluding hydrogens is 328 g/mol. The minimum atomic E-state index is -0.485. The second-order valence-electron chi connectivity index (χ2n) is 4.86. The highest BCUT2D eigenvalue weighted by Crippen LogP contribution is 2.18. The third-order valence-corrected chi connectivity index (χ3v) is 3.53. The van der Waals surface area contributed by atoms with Crippen molar-refractivity contribution in [2.24, 2.45) is 0 Å². The predicted octanol–water partition coefficient (Wildman–Crippen LogP) is 2.46. The molecule has 3 aromatic rings. The summed E-state index contributed by atoms with van der Waals surface area (Å²) in [5.74, 6) is -0.883. The number of fused-ring (bicyclic) bond motifs is 1. The lowest BCUT2D eigenvalue weighted by Gasteiger charge is -2.04. The zero-order chi connectivity index (χ0) is 16.9. The van der Waals surface area contributed by atoms with E-state index in [0.29, 0.717) is 22.1 Å². The van der Waals surface area contributed by atoms with Crippen LogP contribution in [0.15, 0.2) is 60.8 Å². The van der Waals surface area contributed by atoms with Crippen LogP contribution in [0.25, 0.3) is 11.7 Å². The molecule has 2 amide bonds. The van der Waals surface area contributed by atoms with Gasteiger partial charge in [-0.15, -0.1) is 0 Å². The minimum Gasteiger partial charge on any atom is -0.299 e. The van der Waals surface area contributed by atoms with Crippen molar-refractivity contribution in [2.75, 3.05) is 0 Å². The molecule has 0 spiro atoms. The lowest BCUT2D eigenvalue weighted by Crippen LogP contribution is -2.40. The summed E-state index contributed by atoms with van der Waals surface area (Å²) in [6.45, 7) is 0. The molecule has 120 valence electrons. The maximum absolute atomic E-state index is 11.8. The van der Waals surface area contributed by atoms with Crippen molar-refractivity contribution >= 4 is 35.1 Å². The van der Waals surface area contributed by atoms with Gasteiger partial charge in [0.1, 0.15) is 5.65 Å². The molecule has 0 aliphatic heterocycles. The van der Waals surface area contributed by atoms with Crippen LogP contribution >= 0.6 is 11.6 Å². The highest BCUT2D eigenvalue weighted by Gasteiger charge is 2.08. The van der Waals surface area contributed by atoms with Crippen molar-refractivity contribution in [3.8, 4) is 0 Å². The van der Waals surface area contributed by atoms with Crippen LogP contribution in [0, 0.1) is 0 Å². The first-order valence-corrected chi connectivity index (χ1v) is 7.49. The van der Waals surface area contributed by atoms with Gasteiger partial charge >= 0.3 is 0 Å². The fraction of sp³-hybridized carbons (Fsp3) is 0. The largest absolute Gasteiger partial charge is 0.299 e. The van der Waals surface area contributed by atoms with Crippen LogP contribution in [0.3, 0.4) is 0 Å². The zero-order valence-electron chi connectivity index (χ0n) is 12.4. The maximum atomic E-state index is 11.8. The number of nitrogens with one attached hydrogen (secondary N) is 2. The van der Waals surface area contributed by atoms with Crippen LogP contribution in [0.2, 0.25) is 5.15 Å². The van der Waals surface area contributed by atoms with Crippen molar-refractivity contribution in [1.29, 1.82) is 0 Å². The number of halogens is 1. The fourth-order valence-corrected chi connectivity index (χ4v) is 2.35. The number of hydrogen-bond donors (Lipinski definition) is 2. The van der Waals surface area contributed by atoms with E-state index >= 15 is 0 Å². The summed E-state index contributed by atoms with van der Waals surface area (Å²) < 4.78 is 1.76. The van der Waals surface area contributed by atoms with Crippen molar-refractivity contribution in [3.05, 3.63) is 77.2 Å². The Hall–Kier alpha value is -3.12. The third-order valence-electron chi connectivity index (χ3n) is 3.25. The van der Waals surface area contributed by atoms with Gasteiger partial charge in [-0.05, 0) is 30.3 Å². The minimum absolute atomic E-state index is 0.290. The number of benzene rings is 1. The first-order valence-electron chi connectivity index (χ1n) is 7.11. The third kappa shape index (κ3) is 3.44. The Bertz CT molecular complexity index is 919. The SMILES string of the molecule is O=C(/C=C/c1c(Cl)nc2ccccn12)NNC(=O)c1ccccc1. The van der Waals surface area contributed by atoms with Crippen molar-refractivity contribution < 1.29 is 9.59 Å². The number of hydrogen-bond acceptors (Lipinski definition) is 3. The lowest BCUT2D eigenvalue weighted by molar-refractivity contribution is -0.117. The summed E-state index contributed by atoms with van der Waals surface area (Å²) in [5, 5.41) is 0.290. The molecule has 2 heterocycles. The molecule has 2 aromatic heterocycles. The van der Waals surface area contributed by atoms with E-state index in [1.165, 1.54) is 12.2 Å². The monoisotopic (exact) mass is 340 g/mol. The van der Waals surface area contributed by atoms with E-state index in [2.05, 4.69) is 15.8 Å². The lowest BCUT2D eigenvalue weighted by atomic mass is 10.2. The van der Waals surface area contributed by atoms with Gasteiger partial charge in [-0.2, -0.15) is 0 Å². The average Bonchev–Trinajstić information content (AvgIpc) is 2.93. The predicted molar refractivity (Wildman–Crippen MR) is 91.3 cm³/mol. The normalized spacial score (nSPS) is 10.9. The van der Waals surface area contributed by atoms with E-state index in [1.807, 2.05) is 18.2 Å². The van der Waals surface area contributed by atoms with Crippen LogP contribution in [-0.4, -0.2) is 21.2 Å². The fourth-order valence-electron chi connectivity index (χ4n) is 2.11. The Morgan fingerprint density at radius 3 is 2.58 bits per heavy atom. The molecule has 0 unspecified atom stereocenters. The molecule has 0 fully saturated rings. The van der Waals surface area contributed by atoms with Gasteiger partial charge in [-0.3, -0.25) is 24.8 Å².